The molecule has 0 aromatic heterocycles. The summed E-state index contributed by atoms with van der Waals surface area (Å²) in [4.78, 5) is 16.0. The van der Waals surface area contributed by atoms with Gasteiger partial charge in [-0.3, -0.25) is 9.79 Å². The van der Waals surface area contributed by atoms with E-state index in [2.05, 4.69) is 20.9 Å². The van der Waals surface area contributed by atoms with Gasteiger partial charge < -0.3 is 16.0 Å². The Morgan fingerprint density at radius 2 is 1.54 bits per heavy atom. The lowest BCUT2D eigenvalue weighted by Gasteiger charge is -2.12. The molecule has 2 rings (SSSR count). The predicted octanol–water partition coefficient (Wildman–Crippen LogP) is 2.58. The van der Waals surface area contributed by atoms with Gasteiger partial charge in [0.25, 0.3) is 5.91 Å². The van der Waals surface area contributed by atoms with Crippen LogP contribution in [0.1, 0.15) is 15.9 Å². The molecule has 0 radical (unpaired) electrons. The first-order chi connectivity index (χ1) is 12.2. The Kier molecular flexibility index (Phi) is 10.3. The number of benzene rings is 2. The highest BCUT2D eigenvalue weighted by Crippen LogP contribution is 2.06. The molecule has 1 amide bonds. The third-order valence-corrected chi connectivity index (χ3v) is 3.61. The van der Waals surface area contributed by atoms with Crippen molar-refractivity contribution in [2.24, 2.45) is 4.99 Å². The van der Waals surface area contributed by atoms with Gasteiger partial charge in [0.2, 0.25) is 0 Å². The van der Waals surface area contributed by atoms with E-state index < -0.39 is 0 Å². The molecule has 0 heterocycles. The summed E-state index contributed by atoms with van der Waals surface area (Å²) in [5.41, 5.74) is 1.30. The molecular formula is C19H24FIN4O. The summed E-state index contributed by atoms with van der Waals surface area (Å²) in [6, 6.07) is 15.8. The fourth-order valence-electron chi connectivity index (χ4n) is 2.29. The summed E-state index contributed by atoms with van der Waals surface area (Å²) < 4.78 is 13.5. The Morgan fingerprint density at radius 1 is 0.923 bits per heavy atom. The smallest absolute Gasteiger partial charge is 0.251 e. The lowest BCUT2D eigenvalue weighted by atomic mass is 10.1. The van der Waals surface area contributed by atoms with Crippen LogP contribution in [0, 0.1) is 5.82 Å². The van der Waals surface area contributed by atoms with Crippen molar-refractivity contribution in [3.63, 3.8) is 0 Å². The largest absolute Gasteiger partial charge is 0.356 e. The molecule has 0 unspecified atom stereocenters. The van der Waals surface area contributed by atoms with Gasteiger partial charge in [-0.2, -0.15) is 0 Å². The number of nitrogens with one attached hydrogen (secondary N) is 3. The van der Waals surface area contributed by atoms with Crippen LogP contribution in [-0.2, 0) is 6.42 Å². The zero-order chi connectivity index (χ0) is 17.9. The van der Waals surface area contributed by atoms with E-state index in [4.69, 9.17) is 0 Å². The van der Waals surface area contributed by atoms with Gasteiger partial charge in [-0.1, -0.05) is 36.4 Å². The summed E-state index contributed by atoms with van der Waals surface area (Å²) >= 11 is 0. The minimum Gasteiger partial charge on any atom is -0.356 e. The molecule has 0 atom stereocenters. The van der Waals surface area contributed by atoms with Crippen LogP contribution < -0.4 is 16.0 Å². The van der Waals surface area contributed by atoms with Crippen molar-refractivity contribution in [1.29, 1.82) is 0 Å². The molecule has 2 aromatic rings. The summed E-state index contributed by atoms with van der Waals surface area (Å²) in [6.07, 6.45) is 0.568. The van der Waals surface area contributed by atoms with Crippen LogP contribution in [0.3, 0.4) is 0 Å². The summed E-state index contributed by atoms with van der Waals surface area (Å²) in [7, 11) is 1.67. The molecule has 0 aliphatic heterocycles. The lowest BCUT2D eigenvalue weighted by molar-refractivity contribution is 0.0954. The fourth-order valence-corrected chi connectivity index (χ4v) is 2.29. The minimum atomic E-state index is -0.198. The van der Waals surface area contributed by atoms with Crippen LogP contribution in [0.15, 0.2) is 59.6 Å². The molecule has 0 saturated heterocycles. The summed E-state index contributed by atoms with van der Waals surface area (Å²) in [6.45, 7) is 1.58. The molecule has 26 heavy (non-hydrogen) atoms. The first-order valence-electron chi connectivity index (χ1n) is 8.22. The first-order valence-corrected chi connectivity index (χ1v) is 8.22. The topological polar surface area (TPSA) is 65.5 Å². The first kappa shape index (κ1) is 21.9. The minimum absolute atomic E-state index is 0. The molecule has 0 aliphatic rings. The maximum absolute atomic E-state index is 13.5. The standard InChI is InChI=1S/C19H23FN4O.HI/c1-21-19(23-12-11-15-7-5-6-10-17(15)20)24-14-13-22-18(25)16-8-3-2-4-9-16;/h2-10H,11-14H2,1H3,(H,22,25)(H2,21,23,24);1H. The van der Waals surface area contributed by atoms with Gasteiger partial charge in [-0.05, 0) is 30.2 Å². The number of guanidine groups is 1. The van der Waals surface area contributed by atoms with E-state index in [1.165, 1.54) is 6.07 Å². The van der Waals surface area contributed by atoms with E-state index in [1.54, 1.807) is 31.3 Å². The average Bonchev–Trinajstić information content (AvgIpc) is 2.65. The maximum atomic E-state index is 13.5. The molecule has 0 fully saturated rings. The molecule has 2 aromatic carbocycles. The normalized spacial score (nSPS) is 10.6. The quantitative estimate of drug-likeness (QED) is 0.252. The van der Waals surface area contributed by atoms with E-state index in [9.17, 15) is 9.18 Å². The van der Waals surface area contributed by atoms with Crippen molar-refractivity contribution in [3.05, 3.63) is 71.5 Å². The highest BCUT2D eigenvalue weighted by atomic mass is 127. The van der Waals surface area contributed by atoms with Gasteiger partial charge in [-0.25, -0.2) is 4.39 Å². The summed E-state index contributed by atoms with van der Waals surface area (Å²) in [5.74, 6) is 0.311. The van der Waals surface area contributed by atoms with Crippen LogP contribution in [0.25, 0.3) is 0 Å². The Bertz CT molecular complexity index is 710. The molecule has 0 bridgehead atoms. The number of amides is 1. The Hall–Kier alpha value is -2.16. The SMILES string of the molecule is CN=C(NCCNC(=O)c1ccccc1)NCCc1ccccc1F.I. The van der Waals surface area contributed by atoms with E-state index in [1.807, 2.05) is 24.3 Å². The molecule has 140 valence electrons. The summed E-state index contributed by atoms with van der Waals surface area (Å²) in [5, 5.41) is 9.07. The van der Waals surface area contributed by atoms with Gasteiger partial charge in [0, 0.05) is 32.2 Å². The number of halogens is 2. The molecule has 3 N–H and O–H groups in total. The van der Waals surface area contributed by atoms with Gasteiger partial charge in [0.15, 0.2) is 5.96 Å². The molecule has 0 spiro atoms. The molecule has 7 heteroatoms. The van der Waals surface area contributed by atoms with E-state index in [0.717, 1.165) is 0 Å². The van der Waals surface area contributed by atoms with Crippen LogP contribution in [0.4, 0.5) is 4.39 Å². The third kappa shape index (κ3) is 7.38. The number of hydrogen-bond acceptors (Lipinski definition) is 2. The number of rotatable bonds is 7. The zero-order valence-electron chi connectivity index (χ0n) is 14.7. The van der Waals surface area contributed by atoms with Crippen molar-refractivity contribution >= 4 is 35.8 Å². The monoisotopic (exact) mass is 470 g/mol. The van der Waals surface area contributed by atoms with Gasteiger partial charge >= 0.3 is 0 Å². The predicted molar refractivity (Wildman–Crippen MR) is 114 cm³/mol. The second kappa shape index (κ2) is 12.2. The highest BCUT2D eigenvalue weighted by Gasteiger charge is 2.04. The van der Waals surface area contributed by atoms with Crippen LogP contribution in [0.5, 0.6) is 0 Å². The number of carbonyl (C=O) groups is 1. The maximum Gasteiger partial charge on any atom is 0.251 e. The lowest BCUT2D eigenvalue weighted by Crippen LogP contribution is -2.42. The molecule has 0 saturated carbocycles. The van der Waals surface area contributed by atoms with Crippen LogP contribution in [0.2, 0.25) is 0 Å². The Balaban J connectivity index is 0.00000338. The number of aliphatic imine (C=N–C) groups is 1. The Morgan fingerprint density at radius 3 is 2.23 bits per heavy atom. The Labute approximate surface area is 170 Å². The molecule has 5 nitrogen and oxygen atoms in total. The van der Waals surface area contributed by atoms with Gasteiger partial charge in [0.05, 0.1) is 0 Å². The van der Waals surface area contributed by atoms with Crippen molar-refractivity contribution < 1.29 is 9.18 Å². The van der Waals surface area contributed by atoms with E-state index >= 15 is 0 Å². The van der Waals surface area contributed by atoms with E-state index in [0.29, 0.717) is 43.1 Å². The van der Waals surface area contributed by atoms with Gasteiger partial charge in [0.1, 0.15) is 5.82 Å². The van der Waals surface area contributed by atoms with Crippen molar-refractivity contribution in [1.82, 2.24) is 16.0 Å². The van der Waals surface area contributed by atoms with E-state index in [-0.39, 0.29) is 35.7 Å². The second-order valence-electron chi connectivity index (χ2n) is 5.39. The van der Waals surface area contributed by atoms with Crippen LogP contribution >= 0.6 is 24.0 Å². The molecular weight excluding hydrogens is 446 g/mol. The second-order valence-corrected chi connectivity index (χ2v) is 5.39. The van der Waals surface area contributed by atoms with Crippen LogP contribution in [-0.4, -0.2) is 38.5 Å². The fraction of sp³-hybridized carbons (Fsp3) is 0.263. The van der Waals surface area contributed by atoms with Crippen molar-refractivity contribution in [2.75, 3.05) is 26.7 Å². The third-order valence-electron chi connectivity index (χ3n) is 3.61. The molecule has 0 aliphatic carbocycles. The van der Waals surface area contributed by atoms with Gasteiger partial charge in [-0.15, -0.1) is 24.0 Å². The number of carbonyl (C=O) groups excluding carboxylic acids is 1. The number of nitrogens with zero attached hydrogens (tertiary/aromatic N) is 1. The van der Waals surface area contributed by atoms with Crippen molar-refractivity contribution in [3.8, 4) is 0 Å². The van der Waals surface area contributed by atoms with Crippen molar-refractivity contribution in [2.45, 2.75) is 6.42 Å². The number of hydrogen-bond donors (Lipinski definition) is 3. The zero-order valence-corrected chi connectivity index (χ0v) is 17.0. The highest BCUT2D eigenvalue weighted by molar-refractivity contribution is 14.0. The average molecular weight is 470 g/mol.